The highest BCUT2D eigenvalue weighted by atomic mass is 16.5. The van der Waals surface area contributed by atoms with E-state index in [1.165, 1.54) is 7.11 Å². The van der Waals surface area contributed by atoms with Crippen LogP contribution in [0.15, 0.2) is 18.2 Å². The molecule has 0 unspecified atom stereocenters. The molecule has 1 saturated heterocycles. The molecule has 2 rings (SSSR count). The van der Waals surface area contributed by atoms with Crippen molar-refractivity contribution in [3.05, 3.63) is 29.6 Å². The van der Waals surface area contributed by atoms with E-state index in [1.54, 1.807) is 0 Å². The topological polar surface area (TPSA) is 59.5 Å². The summed E-state index contributed by atoms with van der Waals surface area (Å²) >= 11 is 0. The van der Waals surface area contributed by atoms with Gasteiger partial charge in [0, 0.05) is 25.1 Å². The maximum Gasteiger partial charge on any atom is 0.305 e. The number of pyridine rings is 1. The lowest BCUT2D eigenvalue weighted by Crippen LogP contribution is -2.30. The van der Waals surface area contributed by atoms with Crippen LogP contribution in [0.3, 0.4) is 0 Å². The highest BCUT2D eigenvalue weighted by molar-refractivity contribution is 5.78. The van der Waals surface area contributed by atoms with Crippen molar-refractivity contribution in [3.63, 3.8) is 0 Å². The largest absolute Gasteiger partial charge is 0.469 e. The van der Waals surface area contributed by atoms with Crippen LogP contribution >= 0.6 is 0 Å². The van der Waals surface area contributed by atoms with Crippen molar-refractivity contribution in [1.29, 1.82) is 0 Å². The van der Waals surface area contributed by atoms with Crippen LogP contribution in [0, 0.1) is 6.92 Å². The Kier molecular flexibility index (Phi) is 5.31. The molecule has 1 aliphatic rings. The highest BCUT2D eigenvalue weighted by Gasteiger charge is 2.30. The number of esters is 1. The van der Waals surface area contributed by atoms with E-state index in [-0.39, 0.29) is 17.9 Å². The first kappa shape index (κ1) is 15.5. The molecule has 114 valence electrons. The van der Waals surface area contributed by atoms with Crippen LogP contribution in [0.1, 0.15) is 49.5 Å². The molecule has 1 amide bonds. The monoisotopic (exact) mass is 290 g/mol. The Bertz CT molecular complexity index is 516. The van der Waals surface area contributed by atoms with Gasteiger partial charge in [-0.15, -0.1) is 0 Å². The number of methoxy groups -OCH3 is 1. The molecular formula is C16H22N2O3. The maximum absolute atomic E-state index is 12.3. The summed E-state index contributed by atoms with van der Waals surface area (Å²) < 4.78 is 4.59. The third-order valence-electron chi connectivity index (χ3n) is 3.82. The number of nitrogens with zero attached hydrogens (tertiary/aromatic N) is 2. The van der Waals surface area contributed by atoms with E-state index in [4.69, 9.17) is 0 Å². The Labute approximate surface area is 125 Å². The van der Waals surface area contributed by atoms with Crippen LogP contribution in [-0.4, -0.2) is 35.4 Å². The highest BCUT2D eigenvalue weighted by Crippen LogP contribution is 2.31. The quantitative estimate of drug-likeness (QED) is 0.781. The second-order valence-electron chi connectivity index (χ2n) is 5.38. The molecule has 1 fully saturated rings. The lowest BCUT2D eigenvalue weighted by atomic mass is 10.1. The van der Waals surface area contributed by atoms with Crippen LogP contribution in [0.5, 0.6) is 0 Å². The number of hydrogen-bond donors (Lipinski definition) is 0. The third-order valence-corrected chi connectivity index (χ3v) is 3.82. The molecule has 0 aromatic carbocycles. The van der Waals surface area contributed by atoms with Crippen molar-refractivity contribution < 1.29 is 14.3 Å². The molecule has 2 heterocycles. The third kappa shape index (κ3) is 4.03. The molecule has 0 radical (unpaired) electrons. The van der Waals surface area contributed by atoms with Crippen molar-refractivity contribution in [2.75, 3.05) is 13.7 Å². The van der Waals surface area contributed by atoms with Gasteiger partial charge in [-0.1, -0.05) is 6.07 Å². The number of carbonyl (C=O) groups excluding carboxylic acids is 2. The molecule has 0 bridgehead atoms. The second kappa shape index (κ2) is 7.20. The molecule has 1 aliphatic heterocycles. The van der Waals surface area contributed by atoms with Gasteiger partial charge in [0.05, 0.1) is 18.8 Å². The second-order valence-corrected chi connectivity index (χ2v) is 5.38. The summed E-state index contributed by atoms with van der Waals surface area (Å²) in [5, 5.41) is 0. The van der Waals surface area contributed by atoms with Gasteiger partial charge >= 0.3 is 5.97 Å². The Morgan fingerprint density at radius 3 is 2.90 bits per heavy atom. The Hall–Kier alpha value is -1.91. The molecule has 5 nitrogen and oxygen atoms in total. The zero-order valence-electron chi connectivity index (χ0n) is 12.7. The fourth-order valence-electron chi connectivity index (χ4n) is 2.75. The van der Waals surface area contributed by atoms with E-state index in [2.05, 4.69) is 9.72 Å². The van der Waals surface area contributed by atoms with E-state index >= 15 is 0 Å². The zero-order chi connectivity index (χ0) is 15.2. The van der Waals surface area contributed by atoms with Crippen molar-refractivity contribution >= 4 is 11.9 Å². The van der Waals surface area contributed by atoms with Crippen molar-refractivity contribution in [2.24, 2.45) is 0 Å². The SMILES string of the molecule is COC(=O)CCCC(=O)N1CCC[C@H]1c1cccc(C)n1. The minimum atomic E-state index is -0.263. The summed E-state index contributed by atoms with van der Waals surface area (Å²) in [5.41, 5.74) is 1.94. The molecule has 5 heteroatoms. The number of rotatable bonds is 5. The summed E-state index contributed by atoms with van der Waals surface area (Å²) in [5.74, 6) is -0.161. The lowest BCUT2D eigenvalue weighted by molar-refractivity contribution is -0.141. The van der Waals surface area contributed by atoms with Crippen LogP contribution in [0.25, 0.3) is 0 Å². The van der Waals surface area contributed by atoms with Crippen LogP contribution in [-0.2, 0) is 14.3 Å². The number of aryl methyl sites for hydroxylation is 1. The van der Waals surface area contributed by atoms with E-state index in [0.29, 0.717) is 19.3 Å². The molecule has 0 spiro atoms. The smallest absolute Gasteiger partial charge is 0.305 e. The van der Waals surface area contributed by atoms with Crippen LogP contribution < -0.4 is 0 Å². The number of aromatic nitrogens is 1. The normalized spacial score (nSPS) is 17.8. The Morgan fingerprint density at radius 2 is 2.19 bits per heavy atom. The molecule has 1 aromatic heterocycles. The number of ether oxygens (including phenoxy) is 1. The molecule has 21 heavy (non-hydrogen) atoms. The standard InChI is InChI=1S/C16H22N2O3/c1-12-6-3-7-13(17-12)14-8-5-11-18(14)15(19)9-4-10-16(20)21-2/h3,6-7,14H,4-5,8-11H2,1-2H3/t14-/m0/s1. The van der Waals surface area contributed by atoms with Gasteiger partial charge in [-0.25, -0.2) is 0 Å². The number of likely N-dealkylation sites (tertiary alicyclic amines) is 1. The van der Waals surface area contributed by atoms with Gasteiger partial charge in [-0.3, -0.25) is 14.6 Å². The number of hydrogen-bond acceptors (Lipinski definition) is 4. The van der Waals surface area contributed by atoms with Crippen molar-refractivity contribution in [1.82, 2.24) is 9.88 Å². The molecule has 0 saturated carbocycles. The summed E-state index contributed by atoms with van der Waals surface area (Å²) in [6.07, 6.45) is 3.18. The summed E-state index contributed by atoms with van der Waals surface area (Å²) in [6.45, 7) is 2.73. The van der Waals surface area contributed by atoms with Crippen LogP contribution in [0.4, 0.5) is 0 Å². The predicted molar refractivity (Wildman–Crippen MR) is 78.5 cm³/mol. The van der Waals surface area contributed by atoms with Gasteiger partial charge in [0.1, 0.15) is 0 Å². The van der Waals surface area contributed by atoms with E-state index in [9.17, 15) is 9.59 Å². The minimum Gasteiger partial charge on any atom is -0.469 e. The van der Waals surface area contributed by atoms with Gasteiger partial charge in [0.25, 0.3) is 0 Å². The number of carbonyl (C=O) groups is 2. The fourth-order valence-corrected chi connectivity index (χ4v) is 2.75. The molecule has 0 aliphatic carbocycles. The fraction of sp³-hybridized carbons (Fsp3) is 0.562. The Balaban J connectivity index is 1.95. The minimum absolute atomic E-state index is 0.0792. The average Bonchev–Trinajstić information content (AvgIpc) is 2.96. The van der Waals surface area contributed by atoms with Gasteiger partial charge in [0.15, 0.2) is 0 Å². The maximum atomic E-state index is 12.3. The van der Waals surface area contributed by atoms with E-state index in [0.717, 1.165) is 30.8 Å². The van der Waals surface area contributed by atoms with Gasteiger partial charge in [0.2, 0.25) is 5.91 Å². The van der Waals surface area contributed by atoms with Gasteiger partial charge < -0.3 is 9.64 Å². The number of amides is 1. The Morgan fingerprint density at radius 1 is 1.38 bits per heavy atom. The zero-order valence-corrected chi connectivity index (χ0v) is 12.7. The molecule has 0 N–H and O–H groups in total. The summed E-state index contributed by atoms with van der Waals surface area (Å²) in [6, 6.07) is 6.00. The average molecular weight is 290 g/mol. The molecule has 1 aromatic rings. The predicted octanol–water partition coefficient (Wildman–Crippen LogP) is 2.40. The first-order valence-corrected chi connectivity index (χ1v) is 7.41. The first-order chi connectivity index (χ1) is 10.1. The van der Waals surface area contributed by atoms with E-state index < -0.39 is 0 Å². The van der Waals surface area contributed by atoms with Gasteiger partial charge in [-0.05, 0) is 38.3 Å². The van der Waals surface area contributed by atoms with Gasteiger partial charge in [-0.2, -0.15) is 0 Å². The van der Waals surface area contributed by atoms with Crippen molar-refractivity contribution in [2.45, 2.75) is 45.1 Å². The summed E-state index contributed by atoms with van der Waals surface area (Å²) in [7, 11) is 1.37. The molecular weight excluding hydrogens is 268 g/mol. The lowest BCUT2D eigenvalue weighted by Gasteiger charge is -2.24. The van der Waals surface area contributed by atoms with Crippen LogP contribution in [0.2, 0.25) is 0 Å². The first-order valence-electron chi connectivity index (χ1n) is 7.41. The van der Waals surface area contributed by atoms with E-state index in [1.807, 2.05) is 30.0 Å². The van der Waals surface area contributed by atoms with Crippen molar-refractivity contribution in [3.8, 4) is 0 Å². The molecule has 1 atom stereocenters. The summed E-state index contributed by atoms with van der Waals surface area (Å²) in [4.78, 5) is 29.9.